The minimum Gasteiger partial charge on any atom is -0.497 e. The molecule has 3 atom stereocenters. The van der Waals surface area contributed by atoms with E-state index >= 15 is 0 Å². The van der Waals surface area contributed by atoms with Crippen molar-refractivity contribution in [3.8, 4) is 23.1 Å². The molecule has 4 rings (SSSR count). The average Bonchev–Trinajstić information content (AvgIpc) is 3.25. The molecule has 140 valence electrons. The summed E-state index contributed by atoms with van der Waals surface area (Å²) in [5, 5.41) is 16.3. The predicted octanol–water partition coefficient (Wildman–Crippen LogP) is 4.45. The molecule has 1 aliphatic carbocycles. The second-order valence-electron chi connectivity index (χ2n) is 7.52. The molecule has 2 N–H and O–H groups in total. The van der Waals surface area contributed by atoms with Crippen LogP contribution in [0.1, 0.15) is 38.7 Å². The van der Waals surface area contributed by atoms with Crippen LogP contribution in [-0.4, -0.2) is 27.7 Å². The zero-order chi connectivity index (χ0) is 19.0. The maximum Gasteiger partial charge on any atom is 0.173 e. The molecule has 1 aromatic carbocycles. The molecule has 0 spiro atoms. The molecule has 0 radical (unpaired) electrons. The summed E-state index contributed by atoms with van der Waals surface area (Å²) in [5.41, 5.74) is 2.99. The summed E-state index contributed by atoms with van der Waals surface area (Å²) < 4.78 is 7.27. The van der Waals surface area contributed by atoms with Crippen LogP contribution in [0.25, 0.3) is 16.9 Å². The SMILES string of the molecule is COc1cccc(-c2nc3c(C#N)c[nH]n3c2NC2CCCC(C)C2C)c1. The first kappa shape index (κ1) is 17.5. The summed E-state index contributed by atoms with van der Waals surface area (Å²) in [6, 6.07) is 10.5. The molecule has 3 aromatic rings. The first-order valence-corrected chi connectivity index (χ1v) is 9.53. The minimum absolute atomic E-state index is 0.381. The van der Waals surface area contributed by atoms with E-state index in [1.807, 2.05) is 28.8 Å². The zero-order valence-electron chi connectivity index (χ0n) is 16.0. The van der Waals surface area contributed by atoms with Gasteiger partial charge < -0.3 is 10.1 Å². The largest absolute Gasteiger partial charge is 0.497 e. The smallest absolute Gasteiger partial charge is 0.173 e. The highest BCUT2D eigenvalue weighted by Crippen LogP contribution is 2.36. The number of hydrogen-bond acceptors (Lipinski definition) is 4. The van der Waals surface area contributed by atoms with E-state index in [-0.39, 0.29) is 0 Å². The van der Waals surface area contributed by atoms with Gasteiger partial charge in [0.1, 0.15) is 23.1 Å². The quantitative estimate of drug-likeness (QED) is 0.718. The number of ether oxygens (including phenoxy) is 1. The van der Waals surface area contributed by atoms with Gasteiger partial charge in [-0.25, -0.2) is 9.50 Å². The van der Waals surface area contributed by atoms with Gasteiger partial charge >= 0.3 is 0 Å². The maximum absolute atomic E-state index is 9.41. The molecule has 6 nitrogen and oxygen atoms in total. The summed E-state index contributed by atoms with van der Waals surface area (Å²) in [4.78, 5) is 4.79. The van der Waals surface area contributed by atoms with Crippen molar-refractivity contribution in [3.05, 3.63) is 36.0 Å². The van der Waals surface area contributed by atoms with Gasteiger partial charge in [0, 0.05) is 17.8 Å². The molecule has 0 aliphatic heterocycles. The number of hydrogen-bond donors (Lipinski definition) is 2. The molecule has 0 amide bonds. The maximum atomic E-state index is 9.41. The molecule has 2 heterocycles. The van der Waals surface area contributed by atoms with Crippen molar-refractivity contribution in [1.82, 2.24) is 14.6 Å². The lowest BCUT2D eigenvalue weighted by molar-refractivity contribution is 0.252. The number of methoxy groups -OCH3 is 1. The Morgan fingerprint density at radius 3 is 2.96 bits per heavy atom. The second kappa shape index (κ2) is 6.99. The number of H-pyrrole nitrogens is 1. The normalized spacial score (nSPS) is 22.5. The third-order valence-electron chi connectivity index (χ3n) is 5.95. The van der Waals surface area contributed by atoms with E-state index in [0.29, 0.717) is 29.1 Å². The van der Waals surface area contributed by atoms with E-state index in [9.17, 15) is 5.26 Å². The van der Waals surface area contributed by atoms with E-state index in [4.69, 9.17) is 9.72 Å². The van der Waals surface area contributed by atoms with Crippen LogP contribution in [0.5, 0.6) is 5.75 Å². The Morgan fingerprint density at radius 1 is 1.33 bits per heavy atom. The highest BCUT2D eigenvalue weighted by molar-refractivity contribution is 5.78. The first-order valence-electron chi connectivity index (χ1n) is 9.53. The fourth-order valence-corrected chi connectivity index (χ4v) is 4.07. The van der Waals surface area contributed by atoms with Gasteiger partial charge in [-0.2, -0.15) is 5.26 Å². The van der Waals surface area contributed by atoms with Gasteiger partial charge in [0.2, 0.25) is 0 Å². The van der Waals surface area contributed by atoms with Crippen molar-refractivity contribution in [3.63, 3.8) is 0 Å². The van der Waals surface area contributed by atoms with Crippen LogP contribution in [-0.2, 0) is 0 Å². The highest BCUT2D eigenvalue weighted by Gasteiger charge is 2.29. The number of rotatable bonds is 4. The van der Waals surface area contributed by atoms with Gasteiger partial charge in [-0.3, -0.25) is 5.10 Å². The molecule has 6 heteroatoms. The van der Waals surface area contributed by atoms with Crippen LogP contribution < -0.4 is 10.1 Å². The molecule has 1 saturated carbocycles. The number of fused-ring (bicyclic) bond motifs is 1. The molecule has 27 heavy (non-hydrogen) atoms. The fourth-order valence-electron chi connectivity index (χ4n) is 4.07. The Hall–Kier alpha value is -2.94. The number of anilines is 1. The van der Waals surface area contributed by atoms with Crippen molar-refractivity contribution < 1.29 is 4.74 Å². The summed E-state index contributed by atoms with van der Waals surface area (Å²) in [6.07, 6.45) is 5.36. The van der Waals surface area contributed by atoms with Crippen molar-refractivity contribution in [2.75, 3.05) is 12.4 Å². The molecule has 1 aliphatic rings. The fraction of sp³-hybridized carbons (Fsp3) is 0.429. The lowest BCUT2D eigenvalue weighted by Crippen LogP contribution is -2.35. The third-order valence-corrected chi connectivity index (χ3v) is 5.95. The van der Waals surface area contributed by atoms with Crippen molar-refractivity contribution >= 4 is 11.5 Å². The zero-order valence-corrected chi connectivity index (χ0v) is 16.0. The van der Waals surface area contributed by atoms with Crippen molar-refractivity contribution in [2.45, 2.75) is 39.2 Å². The number of nitrogens with one attached hydrogen (secondary N) is 2. The molecular formula is C21H25N5O. The van der Waals surface area contributed by atoms with Gasteiger partial charge in [0.05, 0.1) is 7.11 Å². The summed E-state index contributed by atoms with van der Waals surface area (Å²) >= 11 is 0. The molecule has 1 fully saturated rings. The van der Waals surface area contributed by atoms with Crippen LogP contribution in [0.3, 0.4) is 0 Å². The number of nitrogens with zero attached hydrogens (tertiary/aromatic N) is 3. The summed E-state index contributed by atoms with van der Waals surface area (Å²) in [5.74, 6) is 2.96. The van der Waals surface area contributed by atoms with E-state index in [1.165, 1.54) is 12.8 Å². The molecular weight excluding hydrogens is 338 g/mol. The number of aromatic amines is 1. The number of imidazole rings is 1. The Labute approximate surface area is 159 Å². The lowest BCUT2D eigenvalue weighted by atomic mass is 9.78. The number of nitriles is 1. The van der Waals surface area contributed by atoms with Crippen LogP contribution in [0, 0.1) is 23.2 Å². The van der Waals surface area contributed by atoms with Crippen LogP contribution in [0.2, 0.25) is 0 Å². The van der Waals surface area contributed by atoms with Crippen molar-refractivity contribution in [2.24, 2.45) is 11.8 Å². The van der Waals surface area contributed by atoms with E-state index in [1.54, 1.807) is 13.3 Å². The molecule has 2 aromatic heterocycles. The topological polar surface area (TPSA) is 78.1 Å². The molecule has 0 bridgehead atoms. The van der Waals surface area contributed by atoms with E-state index in [0.717, 1.165) is 29.2 Å². The Balaban J connectivity index is 1.82. The van der Waals surface area contributed by atoms with Gasteiger partial charge in [-0.05, 0) is 30.4 Å². The highest BCUT2D eigenvalue weighted by atomic mass is 16.5. The van der Waals surface area contributed by atoms with Crippen LogP contribution in [0.4, 0.5) is 5.82 Å². The van der Waals surface area contributed by atoms with E-state index in [2.05, 4.69) is 30.3 Å². The molecule has 0 saturated heterocycles. The summed E-state index contributed by atoms with van der Waals surface area (Å²) in [6.45, 7) is 4.65. The first-order chi connectivity index (χ1) is 13.1. The standard InChI is InChI=1S/C21H25N5O/c1-13-6-4-9-18(14(13)2)24-21-19(15-7-5-8-17(10-15)27-3)25-20-16(11-22)12-23-26(20)21/h5,7-8,10,12-14,18,23-24H,4,6,9H2,1-3H3. The van der Waals surface area contributed by atoms with Crippen molar-refractivity contribution in [1.29, 1.82) is 5.26 Å². The van der Waals surface area contributed by atoms with Crippen LogP contribution >= 0.6 is 0 Å². The summed E-state index contributed by atoms with van der Waals surface area (Å²) in [7, 11) is 1.66. The Morgan fingerprint density at radius 2 is 2.19 bits per heavy atom. The predicted molar refractivity (Wildman–Crippen MR) is 106 cm³/mol. The number of benzene rings is 1. The minimum atomic E-state index is 0.381. The van der Waals surface area contributed by atoms with Crippen LogP contribution in [0.15, 0.2) is 30.5 Å². The Kier molecular flexibility index (Phi) is 4.53. The number of aromatic nitrogens is 3. The van der Waals surface area contributed by atoms with E-state index < -0.39 is 0 Å². The monoisotopic (exact) mass is 363 g/mol. The van der Waals surface area contributed by atoms with Gasteiger partial charge in [0.25, 0.3) is 0 Å². The third kappa shape index (κ3) is 3.03. The average molecular weight is 363 g/mol. The van der Waals surface area contributed by atoms with Gasteiger partial charge in [-0.15, -0.1) is 0 Å². The van der Waals surface area contributed by atoms with Gasteiger partial charge in [0.15, 0.2) is 11.5 Å². The Bertz CT molecular complexity index is 996. The second-order valence-corrected chi connectivity index (χ2v) is 7.52. The lowest BCUT2D eigenvalue weighted by Gasteiger charge is -2.35. The molecule has 3 unspecified atom stereocenters. The van der Waals surface area contributed by atoms with Gasteiger partial charge in [-0.1, -0.05) is 38.8 Å².